The summed E-state index contributed by atoms with van der Waals surface area (Å²) < 4.78 is 0. The standard InChI is InChI=1S/C18H24N2/c1-2-13-19-17(11-9-14-7-8-14)18-12-10-15-5-3-4-6-16(15)20-18/h3-6,10,12,14,17,19H,2,7-9,11,13H2,1H3. The van der Waals surface area contributed by atoms with Crippen molar-refractivity contribution in [1.29, 1.82) is 0 Å². The molecule has 0 saturated heterocycles. The number of nitrogens with one attached hydrogen (secondary N) is 1. The molecular formula is C18H24N2. The summed E-state index contributed by atoms with van der Waals surface area (Å²) in [5.74, 6) is 0.987. The second kappa shape index (κ2) is 6.36. The summed E-state index contributed by atoms with van der Waals surface area (Å²) in [4.78, 5) is 4.86. The van der Waals surface area contributed by atoms with Crippen LogP contribution in [0.5, 0.6) is 0 Å². The largest absolute Gasteiger partial charge is 0.309 e. The predicted octanol–water partition coefficient (Wildman–Crippen LogP) is 4.47. The van der Waals surface area contributed by atoms with Crippen LogP contribution in [0, 0.1) is 5.92 Å². The molecule has 0 radical (unpaired) electrons. The molecular weight excluding hydrogens is 244 g/mol. The minimum atomic E-state index is 0.417. The van der Waals surface area contributed by atoms with E-state index in [9.17, 15) is 0 Å². The topological polar surface area (TPSA) is 24.9 Å². The van der Waals surface area contributed by atoms with Gasteiger partial charge in [0, 0.05) is 11.4 Å². The summed E-state index contributed by atoms with van der Waals surface area (Å²) in [6.07, 6.45) is 6.61. The number of para-hydroxylation sites is 1. The van der Waals surface area contributed by atoms with Gasteiger partial charge in [0.1, 0.15) is 0 Å². The van der Waals surface area contributed by atoms with Gasteiger partial charge in [-0.1, -0.05) is 44.0 Å². The number of fused-ring (bicyclic) bond motifs is 1. The quantitative estimate of drug-likeness (QED) is 0.801. The molecule has 1 N–H and O–H groups in total. The van der Waals surface area contributed by atoms with Gasteiger partial charge in [-0.25, -0.2) is 0 Å². The van der Waals surface area contributed by atoms with E-state index in [1.807, 2.05) is 0 Å². The highest BCUT2D eigenvalue weighted by Gasteiger charge is 2.23. The number of benzene rings is 1. The van der Waals surface area contributed by atoms with E-state index >= 15 is 0 Å². The molecule has 0 bridgehead atoms. The number of aromatic nitrogens is 1. The Labute approximate surface area is 121 Å². The average molecular weight is 268 g/mol. The third-order valence-electron chi connectivity index (χ3n) is 4.18. The fraction of sp³-hybridized carbons (Fsp3) is 0.500. The third kappa shape index (κ3) is 3.37. The molecule has 2 heteroatoms. The Kier molecular flexibility index (Phi) is 4.31. The summed E-state index contributed by atoms with van der Waals surface area (Å²) in [7, 11) is 0. The molecule has 3 rings (SSSR count). The maximum Gasteiger partial charge on any atom is 0.0706 e. The molecule has 1 aliphatic rings. The smallest absolute Gasteiger partial charge is 0.0706 e. The average Bonchev–Trinajstić information content (AvgIpc) is 3.31. The molecule has 2 nitrogen and oxygen atoms in total. The highest BCUT2D eigenvalue weighted by Crippen LogP contribution is 2.35. The Bertz CT molecular complexity index is 560. The zero-order chi connectivity index (χ0) is 13.8. The SMILES string of the molecule is CCCNC(CCC1CC1)c1ccc2ccccc2n1. The van der Waals surface area contributed by atoms with Gasteiger partial charge in [-0.2, -0.15) is 0 Å². The number of hydrogen-bond donors (Lipinski definition) is 1. The Morgan fingerprint density at radius 1 is 1.20 bits per heavy atom. The van der Waals surface area contributed by atoms with Crippen molar-refractivity contribution in [3.05, 3.63) is 42.1 Å². The van der Waals surface area contributed by atoms with Gasteiger partial charge in [-0.3, -0.25) is 4.98 Å². The van der Waals surface area contributed by atoms with E-state index in [4.69, 9.17) is 4.98 Å². The van der Waals surface area contributed by atoms with Gasteiger partial charge in [-0.05, 0) is 43.9 Å². The Hall–Kier alpha value is -1.41. The van der Waals surface area contributed by atoms with E-state index in [1.54, 1.807) is 0 Å². The van der Waals surface area contributed by atoms with E-state index in [1.165, 1.54) is 43.2 Å². The fourth-order valence-electron chi connectivity index (χ4n) is 2.76. The highest BCUT2D eigenvalue weighted by molar-refractivity contribution is 5.78. The third-order valence-corrected chi connectivity index (χ3v) is 4.18. The lowest BCUT2D eigenvalue weighted by Gasteiger charge is -2.18. The van der Waals surface area contributed by atoms with Crippen LogP contribution in [0.1, 0.15) is 50.8 Å². The van der Waals surface area contributed by atoms with Crippen LogP contribution in [0.4, 0.5) is 0 Å². The van der Waals surface area contributed by atoms with Crippen molar-refractivity contribution in [3.8, 4) is 0 Å². The first kappa shape index (κ1) is 13.6. The first-order chi connectivity index (χ1) is 9.86. The molecule has 0 spiro atoms. The van der Waals surface area contributed by atoms with Crippen molar-refractivity contribution in [1.82, 2.24) is 10.3 Å². The van der Waals surface area contributed by atoms with Crippen molar-refractivity contribution in [2.24, 2.45) is 5.92 Å². The van der Waals surface area contributed by atoms with Crippen LogP contribution >= 0.6 is 0 Å². The molecule has 0 amide bonds. The lowest BCUT2D eigenvalue weighted by Crippen LogP contribution is -2.23. The zero-order valence-corrected chi connectivity index (χ0v) is 12.3. The maximum atomic E-state index is 4.86. The molecule has 1 aromatic heterocycles. The second-order valence-electron chi connectivity index (χ2n) is 5.96. The summed E-state index contributed by atoms with van der Waals surface area (Å²) in [6.45, 7) is 3.29. The fourth-order valence-corrected chi connectivity index (χ4v) is 2.76. The van der Waals surface area contributed by atoms with Crippen molar-refractivity contribution in [2.75, 3.05) is 6.54 Å². The summed E-state index contributed by atoms with van der Waals surface area (Å²) in [5, 5.41) is 4.90. The van der Waals surface area contributed by atoms with E-state index in [-0.39, 0.29) is 0 Å². The monoisotopic (exact) mass is 268 g/mol. The zero-order valence-electron chi connectivity index (χ0n) is 12.3. The van der Waals surface area contributed by atoms with Crippen LogP contribution in [-0.4, -0.2) is 11.5 Å². The minimum Gasteiger partial charge on any atom is -0.309 e. The molecule has 20 heavy (non-hydrogen) atoms. The van der Waals surface area contributed by atoms with Gasteiger partial charge < -0.3 is 5.32 Å². The molecule has 0 aliphatic heterocycles. The second-order valence-corrected chi connectivity index (χ2v) is 5.96. The molecule has 1 atom stereocenters. The summed E-state index contributed by atoms with van der Waals surface area (Å²) in [6, 6.07) is 13.2. The van der Waals surface area contributed by atoms with Gasteiger partial charge in [0.05, 0.1) is 11.2 Å². The van der Waals surface area contributed by atoms with E-state index in [0.717, 1.165) is 18.0 Å². The van der Waals surface area contributed by atoms with Crippen molar-refractivity contribution in [3.63, 3.8) is 0 Å². The molecule has 106 valence electrons. The number of nitrogens with zero attached hydrogens (tertiary/aromatic N) is 1. The van der Waals surface area contributed by atoms with E-state index in [0.29, 0.717) is 6.04 Å². The van der Waals surface area contributed by atoms with Crippen molar-refractivity contribution in [2.45, 2.75) is 45.1 Å². The molecule has 1 saturated carbocycles. The van der Waals surface area contributed by atoms with E-state index < -0.39 is 0 Å². The Balaban J connectivity index is 1.78. The summed E-state index contributed by atoms with van der Waals surface area (Å²) >= 11 is 0. The number of rotatable bonds is 7. The molecule has 1 fully saturated rings. The molecule has 1 aliphatic carbocycles. The number of hydrogen-bond acceptors (Lipinski definition) is 2. The highest BCUT2D eigenvalue weighted by atomic mass is 14.9. The Morgan fingerprint density at radius 3 is 2.85 bits per heavy atom. The molecule has 1 aromatic carbocycles. The summed E-state index contributed by atoms with van der Waals surface area (Å²) in [5.41, 5.74) is 2.32. The van der Waals surface area contributed by atoms with Gasteiger partial charge in [0.15, 0.2) is 0 Å². The normalized spacial score (nSPS) is 16.4. The van der Waals surface area contributed by atoms with Crippen molar-refractivity contribution >= 4 is 10.9 Å². The van der Waals surface area contributed by atoms with Gasteiger partial charge in [-0.15, -0.1) is 0 Å². The minimum absolute atomic E-state index is 0.417. The first-order valence-corrected chi connectivity index (χ1v) is 7.96. The van der Waals surface area contributed by atoms with Crippen LogP contribution in [0.25, 0.3) is 10.9 Å². The maximum absolute atomic E-state index is 4.86. The Morgan fingerprint density at radius 2 is 2.05 bits per heavy atom. The van der Waals surface area contributed by atoms with Gasteiger partial charge in [0.2, 0.25) is 0 Å². The first-order valence-electron chi connectivity index (χ1n) is 7.96. The van der Waals surface area contributed by atoms with Gasteiger partial charge >= 0.3 is 0 Å². The van der Waals surface area contributed by atoms with Crippen LogP contribution in [-0.2, 0) is 0 Å². The van der Waals surface area contributed by atoms with E-state index in [2.05, 4.69) is 48.6 Å². The lowest BCUT2D eigenvalue weighted by atomic mass is 10.0. The molecule has 1 unspecified atom stereocenters. The van der Waals surface area contributed by atoms with Crippen LogP contribution < -0.4 is 5.32 Å². The predicted molar refractivity (Wildman–Crippen MR) is 84.7 cm³/mol. The van der Waals surface area contributed by atoms with Crippen LogP contribution in [0.15, 0.2) is 36.4 Å². The molecule has 2 aromatic rings. The lowest BCUT2D eigenvalue weighted by molar-refractivity contribution is 0.462. The van der Waals surface area contributed by atoms with Crippen LogP contribution in [0.3, 0.4) is 0 Å². The van der Waals surface area contributed by atoms with Crippen molar-refractivity contribution < 1.29 is 0 Å². The van der Waals surface area contributed by atoms with Gasteiger partial charge in [0.25, 0.3) is 0 Å². The molecule has 1 heterocycles. The number of pyridine rings is 1. The van der Waals surface area contributed by atoms with Crippen LogP contribution in [0.2, 0.25) is 0 Å².